The maximum atomic E-state index is 11.8. The minimum atomic E-state index is -0.718. The minimum absolute atomic E-state index is 0.0226. The van der Waals surface area contributed by atoms with Gasteiger partial charge in [0.25, 0.3) is 0 Å². The third kappa shape index (κ3) is 4.08. The molecule has 6 heteroatoms. The number of carbonyl (C=O) groups is 2. The summed E-state index contributed by atoms with van der Waals surface area (Å²) in [7, 11) is 1.85. The van der Waals surface area contributed by atoms with Gasteiger partial charge < -0.3 is 10.4 Å². The number of aliphatic carboxylic acids is 1. The van der Waals surface area contributed by atoms with Crippen LogP contribution >= 0.6 is 0 Å². The molecule has 2 rings (SSSR count). The van der Waals surface area contributed by atoms with E-state index in [-0.39, 0.29) is 17.9 Å². The molecule has 0 saturated heterocycles. The lowest BCUT2D eigenvalue weighted by molar-refractivity contribution is -0.142. The lowest BCUT2D eigenvalue weighted by atomic mass is 9.86. The quantitative estimate of drug-likeness (QED) is 0.845. The number of hydrogen-bond donors (Lipinski definition) is 2. The Kier molecular flexibility index (Phi) is 4.76. The van der Waals surface area contributed by atoms with Gasteiger partial charge in [-0.05, 0) is 31.7 Å². The molecule has 1 amide bonds. The van der Waals surface area contributed by atoms with Crippen LogP contribution in [0.3, 0.4) is 0 Å². The number of hydrogen-bond acceptors (Lipinski definition) is 3. The molecule has 0 spiro atoms. The highest BCUT2D eigenvalue weighted by molar-refractivity contribution is 5.76. The van der Waals surface area contributed by atoms with Crippen molar-refractivity contribution < 1.29 is 14.7 Å². The molecule has 1 saturated carbocycles. The van der Waals surface area contributed by atoms with E-state index in [1.807, 2.05) is 19.3 Å². The van der Waals surface area contributed by atoms with Crippen LogP contribution in [-0.2, 0) is 23.1 Å². The van der Waals surface area contributed by atoms with Crippen molar-refractivity contribution in [2.24, 2.45) is 13.0 Å². The van der Waals surface area contributed by atoms with Crippen molar-refractivity contribution in [1.29, 1.82) is 0 Å². The fraction of sp³-hybridized carbons (Fsp3) is 0.643. The van der Waals surface area contributed by atoms with E-state index < -0.39 is 5.97 Å². The highest BCUT2D eigenvalue weighted by Gasteiger charge is 2.26. The normalized spacial score (nSPS) is 22.4. The van der Waals surface area contributed by atoms with Crippen molar-refractivity contribution >= 4 is 11.9 Å². The number of nitrogens with one attached hydrogen (secondary N) is 1. The van der Waals surface area contributed by atoms with Gasteiger partial charge in [0, 0.05) is 32.1 Å². The van der Waals surface area contributed by atoms with Gasteiger partial charge >= 0.3 is 5.97 Å². The summed E-state index contributed by atoms with van der Waals surface area (Å²) in [5.74, 6) is -0.934. The van der Waals surface area contributed by atoms with Crippen molar-refractivity contribution in [3.05, 3.63) is 18.0 Å². The zero-order valence-corrected chi connectivity index (χ0v) is 11.7. The van der Waals surface area contributed by atoms with Crippen LogP contribution in [0.2, 0.25) is 0 Å². The highest BCUT2D eigenvalue weighted by atomic mass is 16.4. The zero-order chi connectivity index (χ0) is 14.5. The van der Waals surface area contributed by atoms with E-state index >= 15 is 0 Å². The summed E-state index contributed by atoms with van der Waals surface area (Å²) < 4.78 is 1.72. The van der Waals surface area contributed by atoms with Crippen LogP contribution in [0.4, 0.5) is 0 Å². The van der Waals surface area contributed by atoms with Gasteiger partial charge in [0.1, 0.15) is 0 Å². The number of carboxylic acid groups (broad SMARTS) is 1. The molecule has 0 aromatic carbocycles. The van der Waals surface area contributed by atoms with Crippen LogP contribution in [0, 0.1) is 5.92 Å². The van der Waals surface area contributed by atoms with Crippen LogP contribution in [0.15, 0.2) is 12.3 Å². The fourth-order valence-electron chi connectivity index (χ4n) is 2.62. The second-order valence-electron chi connectivity index (χ2n) is 5.44. The number of nitrogens with zero attached hydrogens (tertiary/aromatic N) is 2. The molecule has 1 heterocycles. The molecule has 0 bridgehead atoms. The number of carbonyl (C=O) groups excluding carboxylic acids is 1. The lowest BCUT2D eigenvalue weighted by Crippen LogP contribution is -2.38. The first-order valence-electron chi connectivity index (χ1n) is 7.05. The van der Waals surface area contributed by atoms with Gasteiger partial charge in [0.15, 0.2) is 0 Å². The van der Waals surface area contributed by atoms with Gasteiger partial charge in [0.2, 0.25) is 5.91 Å². The van der Waals surface area contributed by atoms with Gasteiger partial charge in [0.05, 0.1) is 11.6 Å². The second-order valence-corrected chi connectivity index (χ2v) is 5.44. The predicted octanol–water partition coefficient (Wildman–Crippen LogP) is 1.11. The molecular weight excluding hydrogens is 258 g/mol. The summed E-state index contributed by atoms with van der Waals surface area (Å²) >= 11 is 0. The Bertz CT molecular complexity index is 476. The average molecular weight is 279 g/mol. The van der Waals surface area contributed by atoms with Crippen LogP contribution in [0.25, 0.3) is 0 Å². The van der Waals surface area contributed by atoms with Crippen molar-refractivity contribution in [2.45, 2.75) is 44.6 Å². The van der Waals surface area contributed by atoms with Crippen LogP contribution in [0.5, 0.6) is 0 Å². The number of amides is 1. The topological polar surface area (TPSA) is 84.2 Å². The Morgan fingerprint density at radius 3 is 2.65 bits per heavy atom. The Morgan fingerprint density at radius 1 is 1.40 bits per heavy atom. The molecule has 1 aliphatic rings. The van der Waals surface area contributed by atoms with E-state index in [0.29, 0.717) is 25.7 Å². The van der Waals surface area contributed by atoms with E-state index in [2.05, 4.69) is 10.4 Å². The lowest BCUT2D eigenvalue weighted by Gasteiger charge is -2.26. The largest absolute Gasteiger partial charge is 0.481 e. The third-order valence-electron chi connectivity index (χ3n) is 3.82. The average Bonchev–Trinajstić information content (AvgIpc) is 2.83. The molecule has 0 aliphatic heterocycles. The van der Waals surface area contributed by atoms with E-state index in [1.54, 1.807) is 4.68 Å². The molecule has 0 unspecified atom stereocenters. The van der Waals surface area contributed by atoms with Gasteiger partial charge in [-0.2, -0.15) is 5.10 Å². The van der Waals surface area contributed by atoms with Gasteiger partial charge in [-0.15, -0.1) is 0 Å². The predicted molar refractivity (Wildman–Crippen MR) is 73.1 cm³/mol. The Labute approximate surface area is 118 Å². The molecular formula is C14H21N3O3. The first-order valence-corrected chi connectivity index (χ1v) is 7.05. The molecule has 20 heavy (non-hydrogen) atoms. The first kappa shape index (κ1) is 14.6. The van der Waals surface area contributed by atoms with E-state index in [0.717, 1.165) is 18.5 Å². The fourth-order valence-corrected chi connectivity index (χ4v) is 2.62. The van der Waals surface area contributed by atoms with Crippen molar-refractivity contribution in [2.75, 3.05) is 0 Å². The van der Waals surface area contributed by atoms with Gasteiger partial charge in [-0.3, -0.25) is 14.3 Å². The Morgan fingerprint density at radius 2 is 2.10 bits per heavy atom. The third-order valence-corrected chi connectivity index (χ3v) is 3.82. The second kappa shape index (κ2) is 6.54. The molecule has 1 aromatic rings. The molecule has 0 radical (unpaired) electrons. The number of carboxylic acids is 1. The summed E-state index contributed by atoms with van der Waals surface area (Å²) in [6.07, 6.45) is 5.74. The summed E-state index contributed by atoms with van der Waals surface area (Å²) in [5, 5.41) is 16.1. The molecule has 2 N–H and O–H groups in total. The molecule has 1 aliphatic carbocycles. The molecule has 110 valence electrons. The summed E-state index contributed by atoms with van der Waals surface area (Å²) in [6.45, 7) is 0. The van der Waals surface area contributed by atoms with Crippen LogP contribution in [-0.4, -0.2) is 32.8 Å². The van der Waals surface area contributed by atoms with E-state index in [1.165, 1.54) is 0 Å². The van der Waals surface area contributed by atoms with Gasteiger partial charge in [-0.1, -0.05) is 0 Å². The SMILES string of the molecule is Cn1ccc(CCC(=O)NC2CCC(C(=O)O)CC2)n1. The van der Waals surface area contributed by atoms with Crippen molar-refractivity contribution in [3.8, 4) is 0 Å². The maximum Gasteiger partial charge on any atom is 0.306 e. The van der Waals surface area contributed by atoms with Crippen LogP contribution in [0.1, 0.15) is 37.8 Å². The number of rotatable bonds is 5. The first-order chi connectivity index (χ1) is 9.54. The zero-order valence-electron chi connectivity index (χ0n) is 11.7. The summed E-state index contributed by atoms with van der Waals surface area (Å²) in [6, 6.07) is 2.03. The van der Waals surface area contributed by atoms with E-state index in [4.69, 9.17) is 5.11 Å². The smallest absolute Gasteiger partial charge is 0.306 e. The van der Waals surface area contributed by atoms with Crippen molar-refractivity contribution in [1.82, 2.24) is 15.1 Å². The standard InChI is InChI=1S/C14H21N3O3/c1-17-9-8-12(16-17)6-7-13(18)15-11-4-2-10(3-5-11)14(19)20/h8-11H,2-7H2,1H3,(H,15,18)(H,19,20). The minimum Gasteiger partial charge on any atom is -0.481 e. The highest BCUT2D eigenvalue weighted by Crippen LogP contribution is 2.24. The van der Waals surface area contributed by atoms with Gasteiger partial charge in [-0.25, -0.2) is 0 Å². The molecule has 0 atom stereocenters. The molecule has 1 aromatic heterocycles. The maximum absolute atomic E-state index is 11.8. The number of aromatic nitrogens is 2. The van der Waals surface area contributed by atoms with E-state index in [9.17, 15) is 9.59 Å². The summed E-state index contributed by atoms with van der Waals surface area (Å²) in [4.78, 5) is 22.7. The summed E-state index contributed by atoms with van der Waals surface area (Å²) in [5.41, 5.74) is 0.914. The molecule has 6 nitrogen and oxygen atoms in total. The number of aryl methyl sites for hydroxylation is 2. The van der Waals surface area contributed by atoms with Crippen molar-refractivity contribution in [3.63, 3.8) is 0 Å². The van der Waals surface area contributed by atoms with Crippen LogP contribution < -0.4 is 5.32 Å². The molecule has 1 fully saturated rings. The monoisotopic (exact) mass is 279 g/mol. The Balaban J connectivity index is 1.69. The Hall–Kier alpha value is -1.85.